The molecule has 1 atom stereocenters. The number of ether oxygens (including phenoxy) is 1. The minimum atomic E-state index is -3.80. The van der Waals surface area contributed by atoms with Gasteiger partial charge in [0.25, 0.3) is 0 Å². The van der Waals surface area contributed by atoms with Crippen LogP contribution in [0.5, 0.6) is 0 Å². The quantitative estimate of drug-likeness (QED) is 0.657. The highest BCUT2D eigenvalue weighted by molar-refractivity contribution is 7.89. The molecule has 0 aromatic heterocycles. The van der Waals surface area contributed by atoms with Crippen molar-refractivity contribution in [2.75, 3.05) is 19.7 Å². The van der Waals surface area contributed by atoms with Crippen molar-refractivity contribution in [1.82, 2.24) is 14.9 Å². The predicted octanol–water partition coefficient (Wildman–Crippen LogP) is 0.914. The van der Waals surface area contributed by atoms with Crippen molar-refractivity contribution in [3.05, 3.63) is 65.5 Å². The molecular formula is C20H22FN3O5S. The number of hydrogen-bond acceptors (Lipinski definition) is 5. The normalized spacial score (nSPS) is 16.9. The topological polar surface area (TPSA) is 105 Å². The molecule has 1 aliphatic rings. The zero-order valence-corrected chi connectivity index (χ0v) is 17.1. The number of carbonyl (C=O) groups is 2. The molecular weight excluding hydrogens is 413 g/mol. The molecule has 1 fully saturated rings. The lowest BCUT2D eigenvalue weighted by Gasteiger charge is -2.22. The molecule has 1 saturated heterocycles. The van der Waals surface area contributed by atoms with E-state index in [1.165, 1.54) is 36.4 Å². The van der Waals surface area contributed by atoms with Crippen molar-refractivity contribution in [3.63, 3.8) is 0 Å². The Hall–Kier alpha value is -2.82. The van der Waals surface area contributed by atoms with E-state index >= 15 is 0 Å². The van der Waals surface area contributed by atoms with Gasteiger partial charge in [0.2, 0.25) is 10.0 Å². The van der Waals surface area contributed by atoms with Gasteiger partial charge < -0.3 is 15.4 Å². The van der Waals surface area contributed by atoms with Crippen LogP contribution < -0.4 is 10.6 Å². The van der Waals surface area contributed by atoms with Gasteiger partial charge in [-0.3, -0.25) is 9.59 Å². The second kappa shape index (κ2) is 9.33. The Morgan fingerprint density at radius 1 is 1.07 bits per heavy atom. The van der Waals surface area contributed by atoms with Gasteiger partial charge >= 0.3 is 11.8 Å². The summed E-state index contributed by atoms with van der Waals surface area (Å²) >= 11 is 0. The van der Waals surface area contributed by atoms with Crippen LogP contribution >= 0.6 is 0 Å². The lowest BCUT2D eigenvalue weighted by Crippen LogP contribution is -2.47. The number of halogens is 1. The number of nitrogens with one attached hydrogen (secondary N) is 2. The third-order valence-electron chi connectivity index (χ3n) is 4.58. The predicted molar refractivity (Wildman–Crippen MR) is 106 cm³/mol. The number of nitrogens with zero attached hydrogens (tertiary/aromatic N) is 1. The number of hydrogen-bond donors (Lipinski definition) is 2. The first-order valence-corrected chi connectivity index (χ1v) is 10.7. The van der Waals surface area contributed by atoms with Gasteiger partial charge in [0.15, 0.2) is 0 Å². The Labute approximate surface area is 174 Å². The molecule has 2 aromatic rings. The van der Waals surface area contributed by atoms with E-state index in [0.717, 1.165) is 9.87 Å². The molecule has 160 valence electrons. The van der Waals surface area contributed by atoms with Gasteiger partial charge in [-0.05, 0) is 36.8 Å². The molecule has 2 aromatic carbocycles. The van der Waals surface area contributed by atoms with E-state index in [2.05, 4.69) is 10.6 Å². The lowest BCUT2D eigenvalue weighted by molar-refractivity contribution is -0.139. The smallest absolute Gasteiger partial charge is 0.309 e. The average molecular weight is 435 g/mol. The third-order valence-corrected chi connectivity index (χ3v) is 6.48. The average Bonchev–Trinajstić information content (AvgIpc) is 3.21. The maximum absolute atomic E-state index is 12.9. The highest BCUT2D eigenvalue weighted by atomic mass is 32.2. The van der Waals surface area contributed by atoms with Crippen molar-refractivity contribution in [2.24, 2.45) is 0 Å². The molecule has 1 aliphatic heterocycles. The molecule has 0 spiro atoms. The molecule has 2 amide bonds. The van der Waals surface area contributed by atoms with E-state index in [4.69, 9.17) is 4.74 Å². The van der Waals surface area contributed by atoms with Crippen LogP contribution in [-0.2, 0) is 30.9 Å². The second-order valence-electron chi connectivity index (χ2n) is 6.77. The molecule has 0 bridgehead atoms. The molecule has 2 N–H and O–H groups in total. The standard InChI is InChI=1S/C20H22FN3O5S/c1-14-2-8-17(9-3-14)30(27,28)24-10-11-29-18(24)13-23-20(26)19(25)22-12-15-4-6-16(21)7-5-15/h2-9,18H,10-13H2,1H3,(H,22,25)(H,23,26)/t18-/m0/s1. The molecule has 0 aliphatic carbocycles. The van der Waals surface area contributed by atoms with Gasteiger partial charge in [0.05, 0.1) is 18.0 Å². The van der Waals surface area contributed by atoms with E-state index < -0.39 is 33.9 Å². The van der Waals surface area contributed by atoms with Gasteiger partial charge in [-0.2, -0.15) is 4.31 Å². The first-order chi connectivity index (χ1) is 14.3. The molecule has 1 heterocycles. The first kappa shape index (κ1) is 21.9. The summed E-state index contributed by atoms with van der Waals surface area (Å²) in [4.78, 5) is 24.1. The van der Waals surface area contributed by atoms with Crippen molar-refractivity contribution < 1.29 is 27.1 Å². The summed E-state index contributed by atoms with van der Waals surface area (Å²) in [7, 11) is -3.80. The maximum atomic E-state index is 12.9. The van der Waals surface area contributed by atoms with Crippen LogP contribution in [0.25, 0.3) is 0 Å². The summed E-state index contributed by atoms with van der Waals surface area (Å²) in [6.45, 7) is 2.07. The SMILES string of the molecule is Cc1ccc(S(=O)(=O)N2CCO[C@H]2CNC(=O)C(=O)NCc2ccc(F)cc2)cc1. The number of rotatable bonds is 6. The highest BCUT2D eigenvalue weighted by Crippen LogP contribution is 2.22. The van der Waals surface area contributed by atoms with Crippen LogP contribution in [0.1, 0.15) is 11.1 Å². The largest absolute Gasteiger partial charge is 0.359 e. The fraction of sp³-hybridized carbons (Fsp3) is 0.300. The van der Waals surface area contributed by atoms with Crippen molar-refractivity contribution in [3.8, 4) is 0 Å². The molecule has 30 heavy (non-hydrogen) atoms. The minimum absolute atomic E-state index is 0.0559. The van der Waals surface area contributed by atoms with E-state index in [1.54, 1.807) is 12.1 Å². The van der Waals surface area contributed by atoms with Gasteiger partial charge in [-0.1, -0.05) is 29.8 Å². The number of carbonyl (C=O) groups excluding carboxylic acids is 2. The summed E-state index contributed by atoms with van der Waals surface area (Å²) in [5, 5.41) is 4.81. The summed E-state index contributed by atoms with van der Waals surface area (Å²) in [6.07, 6.45) is -0.912. The molecule has 10 heteroatoms. The van der Waals surface area contributed by atoms with Crippen LogP contribution in [0.15, 0.2) is 53.4 Å². The van der Waals surface area contributed by atoms with Gasteiger partial charge in [0, 0.05) is 13.1 Å². The maximum Gasteiger partial charge on any atom is 0.309 e. The Balaban J connectivity index is 1.54. The number of amides is 2. The zero-order chi connectivity index (χ0) is 21.7. The number of benzene rings is 2. The number of aryl methyl sites for hydroxylation is 1. The molecule has 0 unspecified atom stereocenters. The van der Waals surface area contributed by atoms with Crippen LogP contribution in [0.4, 0.5) is 4.39 Å². The molecule has 0 saturated carbocycles. The van der Waals surface area contributed by atoms with Gasteiger partial charge in [0.1, 0.15) is 12.0 Å². The molecule has 0 radical (unpaired) electrons. The Morgan fingerprint density at radius 3 is 2.37 bits per heavy atom. The summed E-state index contributed by atoms with van der Waals surface area (Å²) in [5.74, 6) is -2.20. The van der Waals surface area contributed by atoms with Crippen molar-refractivity contribution in [2.45, 2.75) is 24.6 Å². The van der Waals surface area contributed by atoms with Crippen LogP contribution in [0.3, 0.4) is 0 Å². The van der Waals surface area contributed by atoms with Gasteiger partial charge in [-0.25, -0.2) is 12.8 Å². The molecule has 3 rings (SSSR count). The van der Waals surface area contributed by atoms with Crippen molar-refractivity contribution >= 4 is 21.8 Å². The second-order valence-corrected chi connectivity index (χ2v) is 8.66. The molecule has 8 nitrogen and oxygen atoms in total. The van der Waals surface area contributed by atoms with E-state index in [9.17, 15) is 22.4 Å². The Bertz CT molecular complexity index is 1010. The summed E-state index contributed by atoms with van der Waals surface area (Å²) in [5.41, 5.74) is 1.56. The van der Waals surface area contributed by atoms with E-state index in [-0.39, 0.29) is 31.1 Å². The van der Waals surface area contributed by atoms with E-state index in [0.29, 0.717) is 5.56 Å². The lowest BCUT2D eigenvalue weighted by atomic mass is 10.2. The highest BCUT2D eigenvalue weighted by Gasteiger charge is 2.36. The summed E-state index contributed by atoms with van der Waals surface area (Å²) < 4.78 is 45.2. The first-order valence-electron chi connectivity index (χ1n) is 9.28. The fourth-order valence-corrected chi connectivity index (χ4v) is 4.42. The minimum Gasteiger partial charge on any atom is -0.359 e. The monoisotopic (exact) mass is 435 g/mol. The number of sulfonamides is 1. The summed E-state index contributed by atoms with van der Waals surface area (Å²) in [6, 6.07) is 11.9. The van der Waals surface area contributed by atoms with Gasteiger partial charge in [-0.15, -0.1) is 0 Å². The van der Waals surface area contributed by atoms with Crippen LogP contribution in [0, 0.1) is 12.7 Å². The Kier molecular flexibility index (Phi) is 6.80. The Morgan fingerprint density at radius 2 is 1.70 bits per heavy atom. The van der Waals surface area contributed by atoms with Crippen LogP contribution in [0.2, 0.25) is 0 Å². The van der Waals surface area contributed by atoms with E-state index in [1.807, 2.05) is 6.92 Å². The zero-order valence-electron chi connectivity index (χ0n) is 16.3. The third kappa shape index (κ3) is 5.21. The fourth-order valence-electron chi connectivity index (χ4n) is 2.91. The van der Waals surface area contributed by atoms with Crippen molar-refractivity contribution in [1.29, 1.82) is 0 Å². The van der Waals surface area contributed by atoms with Crippen LogP contribution in [-0.4, -0.2) is 50.5 Å².